The lowest BCUT2D eigenvalue weighted by atomic mass is 9.97. The molecular weight excluding hydrogens is 260 g/mol. The molecule has 2 aliphatic rings. The number of likely N-dealkylation sites (tertiary alicyclic amines) is 1. The third-order valence-corrected chi connectivity index (χ3v) is 4.20. The Morgan fingerprint density at radius 2 is 1.95 bits per heavy atom. The zero-order valence-corrected chi connectivity index (χ0v) is 12.3. The summed E-state index contributed by atoms with van der Waals surface area (Å²) >= 11 is 0. The molecule has 1 aliphatic heterocycles. The predicted molar refractivity (Wildman–Crippen MR) is 73.5 cm³/mol. The van der Waals surface area contributed by atoms with Gasteiger partial charge < -0.3 is 19.6 Å². The van der Waals surface area contributed by atoms with Gasteiger partial charge >= 0.3 is 12.0 Å². The van der Waals surface area contributed by atoms with E-state index in [0.29, 0.717) is 19.0 Å². The molecule has 114 valence electrons. The van der Waals surface area contributed by atoms with Crippen LogP contribution in [0.1, 0.15) is 32.6 Å². The lowest BCUT2D eigenvalue weighted by Gasteiger charge is -2.48. The van der Waals surface area contributed by atoms with E-state index in [0.717, 1.165) is 6.54 Å². The first-order chi connectivity index (χ1) is 9.39. The van der Waals surface area contributed by atoms with Gasteiger partial charge in [0.05, 0.1) is 13.1 Å². The SMILES string of the molecule is CN(CC1CCCC1)C(=O)N1CC(C)(OCC(=O)O)C1. The molecule has 6 nitrogen and oxygen atoms in total. The number of hydrogen-bond donors (Lipinski definition) is 1. The zero-order valence-electron chi connectivity index (χ0n) is 12.3. The van der Waals surface area contributed by atoms with Crippen molar-refractivity contribution in [2.75, 3.05) is 33.3 Å². The maximum absolute atomic E-state index is 12.2. The van der Waals surface area contributed by atoms with Crippen LogP contribution in [0.5, 0.6) is 0 Å². The van der Waals surface area contributed by atoms with Gasteiger partial charge in [-0.3, -0.25) is 0 Å². The molecule has 0 bridgehead atoms. The van der Waals surface area contributed by atoms with E-state index < -0.39 is 11.6 Å². The summed E-state index contributed by atoms with van der Waals surface area (Å²) in [6, 6.07) is 0.0216. The average Bonchev–Trinajstić information content (AvgIpc) is 2.84. The summed E-state index contributed by atoms with van der Waals surface area (Å²) in [7, 11) is 1.84. The van der Waals surface area contributed by atoms with E-state index in [2.05, 4.69) is 0 Å². The molecule has 0 spiro atoms. The number of carbonyl (C=O) groups is 2. The lowest BCUT2D eigenvalue weighted by Crippen LogP contribution is -2.65. The minimum atomic E-state index is -0.977. The van der Waals surface area contributed by atoms with Crippen LogP contribution in [0.2, 0.25) is 0 Å². The minimum Gasteiger partial charge on any atom is -0.480 e. The Balaban J connectivity index is 1.73. The van der Waals surface area contributed by atoms with Crippen molar-refractivity contribution in [1.82, 2.24) is 9.80 Å². The molecule has 0 radical (unpaired) electrons. The average molecular weight is 284 g/mol. The van der Waals surface area contributed by atoms with E-state index in [-0.39, 0.29) is 12.6 Å². The number of urea groups is 1. The van der Waals surface area contributed by atoms with Crippen LogP contribution in [0, 0.1) is 5.92 Å². The Hall–Kier alpha value is -1.30. The molecule has 1 saturated heterocycles. The summed E-state index contributed by atoms with van der Waals surface area (Å²) in [4.78, 5) is 26.2. The van der Waals surface area contributed by atoms with Gasteiger partial charge in [-0.2, -0.15) is 0 Å². The van der Waals surface area contributed by atoms with E-state index >= 15 is 0 Å². The van der Waals surface area contributed by atoms with E-state index in [1.807, 2.05) is 14.0 Å². The first-order valence-electron chi connectivity index (χ1n) is 7.25. The second-order valence-electron chi connectivity index (χ2n) is 6.30. The van der Waals surface area contributed by atoms with Crippen molar-refractivity contribution in [2.24, 2.45) is 5.92 Å². The van der Waals surface area contributed by atoms with Crippen molar-refractivity contribution < 1.29 is 19.4 Å². The number of carboxylic acids is 1. The number of carboxylic acid groups (broad SMARTS) is 1. The first-order valence-corrected chi connectivity index (χ1v) is 7.25. The number of aliphatic carboxylic acids is 1. The number of rotatable bonds is 5. The maximum Gasteiger partial charge on any atom is 0.329 e. The number of amides is 2. The van der Waals surface area contributed by atoms with E-state index in [1.54, 1.807) is 9.80 Å². The van der Waals surface area contributed by atoms with Crippen molar-refractivity contribution in [1.29, 1.82) is 0 Å². The summed E-state index contributed by atoms with van der Waals surface area (Å²) in [5.41, 5.74) is -0.512. The monoisotopic (exact) mass is 284 g/mol. The molecule has 0 aromatic rings. The largest absolute Gasteiger partial charge is 0.480 e. The molecule has 2 amide bonds. The molecule has 20 heavy (non-hydrogen) atoms. The van der Waals surface area contributed by atoms with E-state index in [4.69, 9.17) is 9.84 Å². The molecule has 0 aromatic carbocycles. The smallest absolute Gasteiger partial charge is 0.329 e. The fourth-order valence-corrected chi connectivity index (χ4v) is 3.12. The maximum atomic E-state index is 12.2. The summed E-state index contributed by atoms with van der Waals surface area (Å²) in [6.07, 6.45) is 4.99. The summed E-state index contributed by atoms with van der Waals surface area (Å²) in [5, 5.41) is 8.61. The number of carbonyl (C=O) groups excluding carboxylic acids is 1. The Morgan fingerprint density at radius 1 is 1.35 bits per heavy atom. The molecule has 2 rings (SSSR count). The quantitative estimate of drug-likeness (QED) is 0.828. The topological polar surface area (TPSA) is 70.1 Å². The van der Waals surface area contributed by atoms with Crippen molar-refractivity contribution in [3.05, 3.63) is 0 Å². The van der Waals surface area contributed by atoms with Crippen molar-refractivity contribution in [3.8, 4) is 0 Å². The van der Waals surface area contributed by atoms with Gasteiger partial charge in [-0.25, -0.2) is 9.59 Å². The fraction of sp³-hybridized carbons (Fsp3) is 0.857. The number of ether oxygens (including phenoxy) is 1. The van der Waals surface area contributed by atoms with Crippen molar-refractivity contribution in [2.45, 2.75) is 38.2 Å². The van der Waals surface area contributed by atoms with Gasteiger partial charge in [0.15, 0.2) is 0 Å². The molecule has 1 saturated carbocycles. The highest BCUT2D eigenvalue weighted by Crippen LogP contribution is 2.28. The Morgan fingerprint density at radius 3 is 2.50 bits per heavy atom. The molecule has 1 N–H and O–H groups in total. The molecule has 0 atom stereocenters. The Bertz CT molecular complexity index is 373. The highest BCUT2D eigenvalue weighted by Gasteiger charge is 2.43. The van der Waals surface area contributed by atoms with Crippen LogP contribution in [0.4, 0.5) is 4.79 Å². The number of nitrogens with zero attached hydrogens (tertiary/aromatic N) is 2. The van der Waals surface area contributed by atoms with Crippen molar-refractivity contribution in [3.63, 3.8) is 0 Å². The molecule has 0 aromatic heterocycles. The van der Waals surface area contributed by atoms with E-state index in [9.17, 15) is 9.59 Å². The van der Waals surface area contributed by atoms with Crippen LogP contribution in [-0.4, -0.2) is 65.8 Å². The van der Waals surface area contributed by atoms with Crippen LogP contribution in [0.25, 0.3) is 0 Å². The highest BCUT2D eigenvalue weighted by molar-refractivity contribution is 5.75. The fourth-order valence-electron chi connectivity index (χ4n) is 3.12. The lowest BCUT2D eigenvalue weighted by molar-refractivity contribution is -0.160. The van der Waals surface area contributed by atoms with Gasteiger partial charge in [0.25, 0.3) is 0 Å². The second-order valence-corrected chi connectivity index (χ2v) is 6.30. The molecule has 0 unspecified atom stereocenters. The Kier molecular flexibility index (Phi) is 4.52. The van der Waals surface area contributed by atoms with Crippen LogP contribution in [0.15, 0.2) is 0 Å². The number of hydrogen-bond acceptors (Lipinski definition) is 3. The summed E-state index contributed by atoms with van der Waals surface area (Å²) in [5.74, 6) is -0.339. The molecule has 2 fully saturated rings. The van der Waals surface area contributed by atoms with Gasteiger partial charge in [0.1, 0.15) is 12.2 Å². The van der Waals surface area contributed by atoms with Crippen LogP contribution >= 0.6 is 0 Å². The van der Waals surface area contributed by atoms with Crippen LogP contribution < -0.4 is 0 Å². The summed E-state index contributed by atoms with van der Waals surface area (Å²) in [6.45, 7) is 3.29. The third kappa shape index (κ3) is 3.62. The van der Waals surface area contributed by atoms with Gasteiger partial charge in [-0.05, 0) is 25.7 Å². The molecule has 6 heteroatoms. The van der Waals surface area contributed by atoms with Crippen LogP contribution in [0.3, 0.4) is 0 Å². The highest BCUT2D eigenvalue weighted by atomic mass is 16.5. The third-order valence-electron chi connectivity index (χ3n) is 4.20. The van der Waals surface area contributed by atoms with Gasteiger partial charge in [-0.1, -0.05) is 12.8 Å². The minimum absolute atomic E-state index is 0.0216. The first kappa shape index (κ1) is 15.1. The van der Waals surface area contributed by atoms with Gasteiger partial charge in [0, 0.05) is 13.6 Å². The standard InChI is InChI=1S/C14H24N2O4/c1-14(20-8-12(17)18)9-16(10-14)13(19)15(2)7-11-5-3-4-6-11/h11H,3-10H2,1-2H3,(H,17,18). The van der Waals surface area contributed by atoms with Gasteiger partial charge in [0.2, 0.25) is 0 Å². The second kappa shape index (κ2) is 5.99. The summed E-state index contributed by atoms with van der Waals surface area (Å²) < 4.78 is 5.31. The predicted octanol–water partition coefficient (Wildman–Crippen LogP) is 1.40. The van der Waals surface area contributed by atoms with E-state index in [1.165, 1.54) is 25.7 Å². The molecule has 1 heterocycles. The van der Waals surface area contributed by atoms with Crippen LogP contribution in [-0.2, 0) is 9.53 Å². The Labute approximate surface area is 119 Å². The van der Waals surface area contributed by atoms with Crippen molar-refractivity contribution >= 4 is 12.0 Å². The zero-order chi connectivity index (χ0) is 14.8. The van der Waals surface area contributed by atoms with Gasteiger partial charge in [-0.15, -0.1) is 0 Å². The molecular formula is C14H24N2O4. The normalized spacial score (nSPS) is 21.6. The molecule has 1 aliphatic carbocycles.